The van der Waals surface area contributed by atoms with Gasteiger partial charge in [0.15, 0.2) is 0 Å². The van der Waals surface area contributed by atoms with Crippen molar-refractivity contribution < 1.29 is 4.42 Å². The molecule has 0 unspecified atom stereocenters. The molecule has 5 heteroatoms. The number of fused-ring (bicyclic) bond motifs is 2. The van der Waals surface area contributed by atoms with Gasteiger partial charge in [-0.25, -0.2) is 4.79 Å². The maximum absolute atomic E-state index is 12.8. The summed E-state index contributed by atoms with van der Waals surface area (Å²) in [7, 11) is 0. The zero-order valence-electron chi connectivity index (χ0n) is 15.4. The first kappa shape index (κ1) is 17.7. The highest BCUT2D eigenvalue weighted by atomic mass is 35.5. The molecule has 5 rings (SSSR count). The monoisotopic (exact) mass is 400 g/mol. The second kappa shape index (κ2) is 7.22. The van der Waals surface area contributed by atoms with Gasteiger partial charge >= 0.3 is 5.63 Å². The minimum atomic E-state index is -0.378. The average molecular weight is 401 g/mol. The molecule has 0 saturated heterocycles. The normalized spacial score (nSPS) is 15.9. The zero-order valence-corrected chi connectivity index (χ0v) is 16.2. The van der Waals surface area contributed by atoms with Gasteiger partial charge < -0.3 is 9.73 Å². The molecule has 4 nitrogen and oxygen atoms in total. The number of nitrogens with one attached hydrogen (secondary N) is 1. The van der Waals surface area contributed by atoms with E-state index in [0.717, 1.165) is 22.3 Å². The fraction of sp³-hybridized carbons (Fsp3) is 0.0833. The summed E-state index contributed by atoms with van der Waals surface area (Å²) in [6, 6.07) is 24.9. The minimum Gasteiger partial charge on any atom is -0.422 e. The van der Waals surface area contributed by atoms with Crippen molar-refractivity contribution in [2.75, 3.05) is 5.32 Å². The topological polar surface area (TPSA) is 54.6 Å². The van der Waals surface area contributed by atoms with Crippen LogP contribution in [0, 0.1) is 0 Å². The SMILES string of the molecule is O=c1oc2ccccc2cc1C1=Nc2ccccc2N[C@H](c2ccc(Cl)cc2)C1. The van der Waals surface area contributed by atoms with Gasteiger partial charge in [-0.05, 0) is 42.0 Å². The van der Waals surface area contributed by atoms with E-state index >= 15 is 0 Å². The van der Waals surface area contributed by atoms with Gasteiger partial charge in [0.1, 0.15) is 5.58 Å². The molecule has 4 aromatic rings. The van der Waals surface area contributed by atoms with Crippen molar-refractivity contribution in [3.8, 4) is 0 Å². The number of hydrogen-bond acceptors (Lipinski definition) is 4. The van der Waals surface area contributed by atoms with Gasteiger partial charge in [-0.15, -0.1) is 0 Å². The molecule has 0 bridgehead atoms. The molecule has 1 aliphatic heterocycles. The van der Waals surface area contributed by atoms with Crippen LogP contribution in [0.4, 0.5) is 11.4 Å². The summed E-state index contributed by atoms with van der Waals surface area (Å²) in [4.78, 5) is 17.6. The largest absolute Gasteiger partial charge is 0.422 e. The Balaban J connectivity index is 1.66. The second-order valence-corrected chi connectivity index (χ2v) is 7.45. The summed E-state index contributed by atoms with van der Waals surface area (Å²) < 4.78 is 5.56. The maximum atomic E-state index is 12.8. The second-order valence-electron chi connectivity index (χ2n) is 7.01. The molecule has 2 heterocycles. The number of nitrogens with zero attached hydrogens (tertiary/aromatic N) is 1. The average Bonchev–Trinajstić information content (AvgIpc) is 2.93. The van der Waals surface area contributed by atoms with Crippen molar-refractivity contribution in [2.24, 2.45) is 4.99 Å². The number of para-hydroxylation sites is 3. The first-order valence-corrected chi connectivity index (χ1v) is 9.77. The molecule has 0 fully saturated rings. The lowest BCUT2D eigenvalue weighted by molar-refractivity contribution is 0.559. The molecule has 1 atom stereocenters. The van der Waals surface area contributed by atoms with Crippen LogP contribution in [0.25, 0.3) is 11.0 Å². The van der Waals surface area contributed by atoms with Crippen molar-refractivity contribution in [3.05, 3.63) is 105 Å². The van der Waals surface area contributed by atoms with Gasteiger partial charge in [0, 0.05) is 16.8 Å². The Morgan fingerprint density at radius 2 is 1.72 bits per heavy atom. The van der Waals surface area contributed by atoms with Crippen LogP contribution in [0.5, 0.6) is 0 Å². The number of benzene rings is 3. The summed E-state index contributed by atoms with van der Waals surface area (Å²) in [5, 5.41) is 5.12. The van der Waals surface area contributed by atoms with Crippen molar-refractivity contribution in [1.82, 2.24) is 0 Å². The molecule has 142 valence electrons. The summed E-state index contributed by atoms with van der Waals surface area (Å²) in [5.41, 5.74) is 4.17. The minimum absolute atomic E-state index is 0.0551. The highest BCUT2D eigenvalue weighted by molar-refractivity contribution is 6.30. The van der Waals surface area contributed by atoms with Gasteiger partial charge in [-0.3, -0.25) is 4.99 Å². The Labute approximate surface area is 172 Å². The van der Waals surface area contributed by atoms with E-state index < -0.39 is 0 Å². The van der Waals surface area contributed by atoms with E-state index in [1.54, 1.807) is 6.07 Å². The molecule has 0 saturated carbocycles. The Hall–Kier alpha value is -3.37. The van der Waals surface area contributed by atoms with Crippen LogP contribution in [0.3, 0.4) is 0 Å². The Morgan fingerprint density at radius 3 is 2.59 bits per heavy atom. The van der Waals surface area contributed by atoms with Gasteiger partial charge in [-0.2, -0.15) is 0 Å². The van der Waals surface area contributed by atoms with Crippen LogP contribution >= 0.6 is 11.6 Å². The molecule has 3 aromatic carbocycles. The molecule has 1 aromatic heterocycles. The molecule has 1 N–H and O–H groups in total. The fourth-order valence-electron chi connectivity index (χ4n) is 3.65. The van der Waals surface area contributed by atoms with Gasteiger partial charge in [0.05, 0.1) is 28.7 Å². The number of rotatable bonds is 2. The van der Waals surface area contributed by atoms with E-state index in [0.29, 0.717) is 28.3 Å². The van der Waals surface area contributed by atoms with Gasteiger partial charge in [-0.1, -0.05) is 54.1 Å². The van der Waals surface area contributed by atoms with Crippen LogP contribution in [0.2, 0.25) is 5.02 Å². The van der Waals surface area contributed by atoms with Crippen LogP contribution in [0.1, 0.15) is 23.6 Å². The highest BCUT2D eigenvalue weighted by Crippen LogP contribution is 2.35. The lowest BCUT2D eigenvalue weighted by Gasteiger charge is -2.19. The van der Waals surface area contributed by atoms with E-state index in [1.807, 2.05) is 72.8 Å². The first-order chi connectivity index (χ1) is 14.2. The number of hydrogen-bond donors (Lipinski definition) is 1. The number of anilines is 1. The summed E-state index contributed by atoms with van der Waals surface area (Å²) in [6.45, 7) is 0. The molecule has 29 heavy (non-hydrogen) atoms. The van der Waals surface area contributed by atoms with Crippen molar-refractivity contribution >= 4 is 39.7 Å². The third-order valence-electron chi connectivity index (χ3n) is 5.11. The molecule has 0 amide bonds. The van der Waals surface area contributed by atoms with Crippen LogP contribution in [-0.2, 0) is 0 Å². The predicted octanol–water partition coefficient (Wildman–Crippen LogP) is 6.12. The van der Waals surface area contributed by atoms with Crippen molar-refractivity contribution in [2.45, 2.75) is 12.5 Å². The molecule has 1 aliphatic rings. The maximum Gasteiger partial charge on any atom is 0.345 e. The quantitative estimate of drug-likeness (QED) is 0.412. The van der Waals surface area contributed by atoms with Crippen LogP contribution in [-0.4, -0.2) is 5.71 Å². The third kappa shape index (κ3) is 3.43. The van der Waals surface area contributed by atoms with Crippen molar-refractivity contribution in [1.29, 1.82) is 0 Å². The fourth-order valence-corrected chi connectivity index (χ4v) is 3.77. The molecule has 0 aliphatic carbocycles. The Morgan fingerprint density at radius 1 is 0.966 bits per heavy atom. The standard InChI is InChI=1S/C24H17ClN2O2/c25-17-11-9-15(10-12-17)21-14-22(27-20-7-3-2-6-19(20)26-21)18-13-16-5-1-4-8-23(16)29-24(18)28/h1-13,21,26H,14H2/t21-/m0/s1. The third-order valence-corrected chi connectivity index (χ3v) is 5.36. The molecular formula is C24H17ClN2O2. The summed E-state index contributed by atoms with van der Waals surface area (Å²) in [6.07, 6.45) is 0.541. The first-order valence-electron chi connectivity index (χ1n) is 9.39. The summed E-state index contributed by atoms with van der Waals surface area (Å²) in [5.74, 6) is 0. The lowest BCUT2D eigenvalue weighted by Crippen LogP contribution is -2.19. The van der Waals surface area contributed by atoms with Crippen LogP contribution < -0.4 is 10.9 Å². The number of aliphatic imine (C=N–C) groups is 1. The smallest absolute Gasteiger partial charge is 0.345 e. The Kier molecular flexibility index (Phi) is 4.41. The molecule has 0 spiro atoms. The zero-order chi connectivity index (χ0) is 19.8. The van der Waals surface area contributed by atoms with Crippen molar-refractivity contribution in [3.63, 3.8) is 0 Å². The van der Waals surface area contributed by atoms with E-state index in [2.05, 4.69) is 5.32 Å². The molecule has 0 radical (unpaired) electrons. The van der Waals surface area contributed by atoms with Gasteiger partial charge in [0.25, 0.3) is 0 Å². The predicted molar refractivity (Wildman–Crippen MR) is 118 cm³/mol. The van der Waals surface area contributed by atoms with E-state index in [4.69, 9.17) is 21.0 Å². The number of halogens is 1. The lowest BCUT2D eigenvalue weighted by atomic mass is 9.97. The van der Waals surface area contributed by atoms with E-state index in [-0.39, 0.29) is 11.7 Å². The van der Waals surface area contributed by atoms with Crippen LogP contribution in [0.15, 0.2) is 93.1 Å². The molecular weight excluding hydrogens is 384 g/mol. The van der Waals surface area contributed by atoms with Gasteiger partial charge in [0.2, 0.25) is 0 Å². The summed E-state index contributed by atoms with van der Waals surface area (Å²) >= 11 is 6.07. The van der Waals surface area contributed by atoms with E-state index in [9.17, 15) is 4.79 Å². The van der Waals surface area contributed by atoms with E-state index in [1.165, 1.54) is 0 Å². The highest BCUT2D eigenvalue weighted by Gasteiger charge is 2.23. The Bertz CT molecular complexity index is 1290.